The van der Waals surface area contributed by atoms with Crippen molar-refractivity contribution >= 4 is 13.8 Å². The number of unbranched alkanes of at least 4 members (excludes halogenated alkanes) is 26. The molecule has 2 unspecified atom stereocenters. The fourth-order valence-corrected chi connectivity index (χ4v) is 8.08. The Balaban J connectivity index is 4.16. The molecule has 65 heavy (non-hydrogen) atoms. The normalized spacial score (nSPS) is 14.0. The van der Waals surface area contributed by atoms with Crippen LogP contribution in [0.4, 0.5) is 0 Å². The minimum atomic E-state index is -4.54. The number of esters is 1. The summed E-state index contributed by atoms with van der Waals surface area (Å²) in [6.07, 6.45) is 62.4. The van der Waals surface area contributed by atoms with Crippen LogP contribution in [0.3, 0.4) is 0 Å². The number of hydrogen-bond acceptors (Lipinski definition) is 7. The van der Waals surface area contributed by atoms with Gasteiger partial charge in [-0.15, -0.1) is 0 Å². The molecule has 0 aromatic rings. The van der Waals surface area contributed by atoms with Crippen LogP contribution in [-0.4, -0.2) is 70.7 Å². The molecule has 380 valence electrons. The average Bonchev–Trinajstić information content (AvgIpc) is 3.27. The zero-order valence-corrected chi connectivity index (χ0v) is 44.1. The predicted molar refractivity (Wildman–Crippen MR) is 277 cm³/mol. The smallest absolute Gasteiger partial charge is 0.306 e. The van der Waals surface area contributed by atoms with Gasteiger partial charge in [0.15, 0.2) is 0 Å². The van der Waals surface area contributed by atoms with E-state index in [2.05, 4.69) is 74.6 Å². The number of hydrogen-bond donors (Lipinski definition) is 0. The van der Waals surface area contributed by atoms with E-state index < -0.39 is 13.9 Å². The molecule has 0 saturated carbocycles. The highest BCUT2D eigenvalue weighted by molar-refractivity contribution is 7.45. The Hall–Kier alpha value is -1.80. The third-order valence-corrected chi connectivity index (χ3v) is 12.5. The lowest BCUT2D eigenvalue weighted by Gasteiger charge is -2.28. The van der Waals surface area contributed by atoms with E-state index in [0.29, 0.717) is 24.1 Å². The number of quaternary nitrogens is 1. The molecule has 2 atom stereocenters. The third kappa shape index (κ3) is 53.0. The number of carbonyl (C=O) groups excluding carboxylic acids is 1. The molecule has 0 saturated heterocycles. The molecule has 0 fully saturated rings. The Morgan fingerprint density at radius 3 is 1.26 bits per heavy atom. The quantitative estimate of drug-likeness (QED) is 0.0197. The first-order valence-electron chi connectivity index (χ1n) is 27.0. The Bertz CT molecular complexity index is 1220. The Morgan fingerprint density at radius 1 is 0.477 bits per heavy atom. The van der Waals surface area contributed by atoms with Gasteiger partial charge in [0.2, 0.25) is 0 Å². The van der Waals surface area contributed by atoms with E-state index >= 15 is 0 Å². The minimum Gasteiger partial charge on any atom is -0.756 e. The van der Waals surface area contributed by atoms with Gasteiger partial charge in [0.1, 0.15) is 19.3 Å². The van der Waals surface area contributed by atoms with Gasteiger partial charge >= 0.3 is 5.97 Å². The summed E-state index contributed by atoms with van der Waals surface area (Å²) in [5.41, 5.74) is 0. The van der Waals surface area contributed by atoms with Gasteiger partial charge in [-0.3, -0.25) is 9.36 Å². The lowest BCUT2D eigenvalue weighted by atomic mass is 10.1. The van der Waals surface area contributed by atoms with Crippen molar-refractivity contribution in [1.82, 2.24) is 0 Å². The molecule has 0 radical (unpaired) electrons. The molecule has 0 heterocycles. The fraction of sp³-hybridized carbons (Fsp3) is 0.804. The second-order valence-corrected chi connectivity index (χ2v) is 20.6. The van der Waals surface area contributed by atoms with Crippen LogP contribution in [0.25, 0.3) is 0 Å². The topological polar surface area (TPSA) is 94.1 Å². The van der Waals surface area contributed by atoms with Gasteiger partial charge < -0.3 is 27.9 Å². The second kappa shape index (κ2) is 48.6. The first-order valence-corrected chi connectivity index (χ1v) is 28.5. The molecule has 0 aromatic heterocycles. The summed E-state index contributed by atoms with van der Waals surface area (Å²) < 4.78 is 34.8. The van der Waals surface area contributed by atoms with Gasteiger partial charge in [0, 0.05) is 13.0 Å². The van der Waals surface area contributed by atoms with Crippen LogP contribution in [0, 0.1) is 0 Å². The first-order chi connectivity index (χ1) is 31.6. The maximum atomic E-state index is 12.8. The number of phosphoric ester groups is 1. The molecule has 8 nitrogen and oxygen atoms in total. The van der Waals surface area contributed by atoms with E-state index in [-0.39, 0.29) is 25.8 Å². The molecular weight excluding hydrogens is 830 g/mol. The summed E-state index contributed by atoms with van der Waals surface area (Å²) in [7, 11) is 1.34. The summed E-state index contributed by atoms with van der Waals surface area (Å²) in [4.78, 5) is 25.2. The highest BCUT2D eigenvalue weighted by Gasteiger charge is 2.20. The number of phosphoric acid groups is 1. The summed E-state index contributed by atoms with van der Waals surface area (Å²) in [6, 6.07) is 0. The minimum absolute atomic E-state index is 0.0207. The van der Waals surface area contributed by atoms with E-state index in [9.17, 15) is 14.3 Å². The SMILES string of the molecule is CCCCCCC/C=C\C/C=C\C/C=C\CCCCCCCCC(=O)OC(COCCCCCCCCCCCC/C=C\C/C=C\CCCCCCC)COP(=O)([O-])OCC[N+](C)(C)C. The van der Waals surface area contributed by atoms with Crippen molar-refractivity contribution in [2.45, 2.75) is 238 Å². The molecule has 0 amide bonds. The summed E-state index contributed by atoms with van der Waals surface area (Å²) in [6.45, 7) is 5.38. The van der Waals surface area contributed by atoms with Crippen molar-refractivity contribution in [2.75, 3.05) is 54.1 Å². The van der Waals surface area contributed by atoms with Gasteiger partial charge in [-0.05, 0) is 83.5 Å². The lowest BCUT2D eigenvalue weighted by molar-refractivity contribution is -0.870. The molecular formula is C56H104NO7P. The number of carbonyl (C=O) groups is 1. The summed E-state index contributed by atoms with van der Waals surface area (Å²) in [5, 5.41) is 0. The van der Waals surface area contributed by atoms with Gasteiger partial charge in [-0.1, -0.05) is 203 Å². The number of nitrogens with zero attached hydrogens (tertiary/aromatic N) is 1. The molecule has 0 aromatic carbocycles. The molecule has 0 aliphatic heterocycles. The molecule has 0 rings (SSSR count). The van der Waals surface area contributed by atoms with Crippen molar-refractivity contribution in [3.8, 4) is 0 Å². The van der Waals surface area contributed by atoms with Crippen molar-refractivity contribution in [1.29, 1.82) is 0 Å². The first kappa shape index (κ1) is 63.2. The number of ether oxygens (including phenoxy) is 2. The molecule has 0 bridgehead atoms. The zero-order chi connectivity index (χ0) is 47.6. The van der Waals surface area contributed by atoms with Crippen molar-refractivity contribution in [2.24, 2.45) is 0 Å². The largest absolute Gasteiger partial charge is 0.756 e. The fourth-order valence-electron chi connectivity index (χ4n) is 7.35. The highest BCUT2D eigenvalue weighted by Crippen LogP contribution is 2.38. The van der Waals surface area contributed by atoms with Gasteiger partial charge in [-0.25, -0.2) is 0 Å². The standard InChI is InChI=1S/C56H104NO7P/c1-6-8-10-12-14-16-18-20-22-24-26-28-30-32-34-36-38-40-42-44-46-48-51-61-53-55(54-63-65(59,60)62-52-50-57(3,4)5)64-56(58)49-47-45-43-41-39-37-35-33-31-29-27-25-23-21-19-17-15-13-11-9-7-2/h18-21,24-27,31,33,55H,6-17,22-23,28-30,32,34-54H2,1-5H3/b20-18-,21-19-,26-24-,27-25-,33-31-. The summed E-state index contributed by atoms with van der Waals surface area (Å²) >= 11 is 0. The van der Waals surface area contributed by atoms with Crippen LogP contribution in [0.1, 0.15) is 232 Å². The monoisotopic (exact) mass is 934 g/mol. The van der Waals surface area contributed by atoms with Gasteiger partial charge in [0.25, 0.3) is 7.82 Å². The maximum Gasteiger partial charge on any atom is 0.306 e. The van der Waals surface area contributed by atoms with Crippen LogP contribution in [0.2, 0.25) is 0 Å². The predicted octanol–water partition coefficient (Wildman–Crippen LogP) is 16.2. The number of allylic oxidation sites excluding steroid dienone is 10. The van der Waals surface area contributed by atoms with Crippen molar-refractivity contribution in [3.05, 3.63) is 60.8 Å². The van der Waals surface area contributed by atoms with E-state index in [4.69, 9.17) is 18.5 Å². The van der Waals surface area contributed by atoms with Crippen molar-refractivity contribution < 1.29 is 37.3 Å². The van der Waals surface area contributed by atoms with E-state index in [0.717, 1.165) is 64.2 Å². The van der Waals surface area contributed by atoms with Crippen molar-refractivity contribution in [3.63, 3.8) is 0 Å². The highest BCUT2D eigenvalue weighted by atomic mass is 31.2. The molecule has 0 aliphatic rings. The summed E-state index contributed by atoms with van der Waals surface area (Å²) in [5.74, 6) is -0.347. The number of likely N-dealkylation sites (N-methyl/N-ethyl adjacent to an activating group) is 1. The van der Waals surface area contributed by atoms with E-state index in [1.54, 1.807) is 0 Å². The van der Waals surface area contributed by atoms with Crippen LogP contribution >= 0.6 is 7.82 Å². The number of rotatable bonds is 50. The van der Waals surface area contributed by atoms with Crippen LogP contribution in [0.5, 0.6) is 0 Å². The second-order valence-electron chi connectivity index (χ2n) is 19.2. The molecule has 0 aliphatic carbocycles. The zero-order valence-electron chi connectivity index (χ0n) is 43.2. The average molecular weight is 934 g/mol. The molecule has 0 spiro atoms. The molecule has 0 N–H and O–H groups in total. The maximum absolute atomic E-state index is 12.8. The van der Waals surface area contributed by atoms with Gasteiger partial charge in [0.05, 0.1) is 34.4 Å². The van der Waals surface area contributed by atoms with Crippen LogP contribution in [0.15, 0.2) is 60.8 Å². The Labute approximate surface area is 402 Å². The van der Waals surface area contributed by atoms with Gasteiger partial charge in [-0.2, -0.15) is 0 Å². The van der Waals surface area contributed by atoms with Crippen LogP contribution < -0.4 is 4.89 Å². The third-order valence-electron chi connectivity index (χ3n) is 11.5. The lowest BCUT2D eigenvalue weighted by Crippen LogP contribution is -2.37. The van der Waals surface area contributed by atoms with E-state index in [1.807, 2.05) is 21.1 Å². The Morgan fingerprint density at radius 2 is 0.846 bits per heavy atom. The van der Waals surface area contributed by atoms with Crippen LogP contribution in [-0.2, 0) is 27.9 Å². The molecule has 9 heteroatoms. The van der Waals surface area contributed by atoms with E-state index in [1.165, 1.54) is 148 Å². The Kier molecular flexibility index (Phi) is 47.3.